The Bertz CT molecular complexity index is 207. The van der Waals surface area contributed by atoms with Crippen molar-refractivity contribution in [1.29, 1.82) is 0 Å². The van der Waals surface area contributed by atoms with Gasteiger partial charge in [-0.05, 0) is 0 Å². The standard InChI is InChI=1S/C10H18O3.Sn/c1-5-10(13-4)9(12)6-8(11)7(2)3;/h6-7,10,12H,5H2,1-4H3;/q;+1/p-1. The van der Waals surface area contributed by atoms with Gasteiger partial charge in [-0.1, -0.05) is 0 Å². The van der Waals surface area contributed by atoms with Gasteiger partial charge in [0.15, 0.2) is 0 Å². The molecule has 0 N–H and O–H groups in total. The van der Waals surface area contributed by atoms with Crippen LogP contribution in [0.1, 0.15) is 27.2 Å². The van der Waals surface area contributed by atoms with Gasteiger partial charge in [0.05, 0.1) is 0 Å². The molecule has 0 spiro atoms. The van der Waals surface area contributed by atoms with Crippen molar-refractivity contribution in [3.05, 3.63) is 11.8 Å². The third-order valence-corrected chi connectivity index (χ3v) is 2.62. The summed E-state index contributed by atoms with van der Waals surface area (Å²) in [7, 11) is 1.62. The van der Waals surface area contributed by atoms with Crippen LogP contribution in [0.3, 0.4) is 0 Å². The first-order valence-electron chi connectivity index (χ1n) is 4.68. The van der Waals surface area contributed by atoms with Crippen LogP contribution in [0, 0.1) is 5.92 Å². The Labute approximate surface area is 99.5 Å². The Kier molecular flexibility index (Phi) is 7.27. The van der Waals surface area contributed by atoms with Crippen LogP contribution in [0.25, 0.3) is 0 Å². The first kappa shape index (κ1) is 14.0. The first-order chi connectivity index (χ1) is 6.56. The Hall–Kier alpha value is -0.0313. The number of methoxy groups -OCH3 is 1. The third kappa shape index (κ3) is 4.46. The molecule has 79 valence electrons. The van der Waals surface area contributed by atoms with E-state index in [4.69, 9.17) is 7.81 Å². The van der Waals surface area contributed by atoms with Crippen molar-refractivity contribution >= 4 is 28.7 Å². The van der Waals surface area contributed by atoms with E-state index in [0.29, 0.717) is 5.76 Å². The molecule has 0 aliphatic carbocycles. The van der Waals surface area contributed by atoms with E-state index in [9.17, 15) is 4.79 Å². The van der Waals surface area contributed by atoms with Crippen LogP contribution in [0.2, 0.25) is 0 Å². The molecule has 0 bridgehead atoms. The van der Waals surface area contributed by atoms with E-state index in [1.165, 1.54) is 0 Å². The molecule has 0 fully saturated rings. The molecule has 0 heterocycles. The molecule has 0 rings (SSSR count). The molecule has 14 heavy (non-hydrogen) atoms. The number of ketones is 1. The van der Waals surface area contributed by atoms with Gasteiger partial charge in [0.2, 0.25) is 0 Å². The molecule has 0 aromatic rings. The maximum atomic E-state index is 11.4. The van der Waals surface area contributed by atoms with Crippen molar-refractivity contribution in [2.45, 2.75) is 33.3 Å². The monoisotopic (exact) mass is 305 g/mol. The van der Waals surface area contributed by atoms with Gasteiger partial charge in [0.25, 0.3) is 0 Å². The number of hydrogen-bond acceptors (Lipinski definition) is 3. The normalized spacial score (nSPS) is 14.3. The molecule has 0 saturated carbocycles. The zero-order valence-corrected chi connectivity index (χ0v) is 12.0. The van der Waals surface area contributed by atoms with Crippen LogP contribution < -0.4 is 0 Å². The van der Waals surface area contributed by atoms with Crippen LogP contribution in [-0.2, 0) is 12.6 Å². The van der Waals surface area contributed by atoms with E-state index in [2.05, 4.69) is 0 Å². The van der Waals surface area contributed by atoms with Crippen LogP contribution in [0.4, 0.5) is 0 Å². The van der Waals surface area contributed by atoms with Crippen LogP contribution in [0.5, 0.6) is 0 Å². The minimum atomic E-state index is -0.100. The third-order valence-electron chi connectivity index (χ3n) is 1.94. The summed E-state index contributed by atoms with van der Waals surface area (Å²) >= 11 is 0.924. The molecule has 0 aliphatic heterocycles. The fraction of sp³-hybridized carbons (Fsp3) is 0.700. The number of hydrogen-bond donors (Lipinski definition) is 0. The SMILES string of the molecule is CCC(OC)C(=CC(=O)C(C)C)[O][Sn]. The summed E-state index contributed by atoms with van der Waals surface area (Å²) in [6.07, 6.45) is 2.26. The number of carbonyl (C=O) groups is 1. The van der Waals surface area contributed by atoms with E-state index in [1.807, 2.05) is 20.8 Å². The molecular formula is C10H17O3Sn. The average Bonchev–Trinajstić information content (AvgIpc) is 2.17. The Morgan fingerprint density at radius 3 is 2.36 bits per heavy atom. The summed E-state index contributed by atoms with van der Waals surface area (Å²) in [5.41, 5.74) is 0. The number of carbonyl (C=O) groups excluding carboxylic acids is 1. The van der Waals surface area contributed by atoms with Gasteiger partial charge in [-0.3, -0.25) is 0 Å². The molecule has 1 atom stereocenters. The van der Waals surface area contributed by atoms with Gasteiger partial charge in [-0.25, -0.2) is 0 Å². The fourth-order valence-corrected chi connectivity index (χ4v) is 1.52. The van der Waals surface area contributed by atoms with E-state index in [-0.39, 0.29) is 17.8 Å². The summed E-state index contributed by atoms with van der Waals surface area (Å²) in [4.78, 5) is 11.4. The van der Waals surface area contributed by atoms with Crippen molar-refractivity contribution < 1.29 is 12.6 Å². The van der Waals surface area contributed by atoms with Gasteiger partial charge >= 0.3 is 99.5 Å². The quantitative estimate of drug-likeness (QED) is 0.425. The summed E-state index contributed by atoms with van der Waals surface area (Å²) in [5, 5.41) is 0. The average molecular weight is 304 g/mol. The predicted molar refractivity (Wildman–Crippen MR) is 55.9 cm³/mol. The van der Waals surface area contributed by atoms with E-state index in [1.54, 1.807) is 13.2 Å². The molecule has 0 saturated heterocycles. The number of allylic oxidation sites excluding steroid dienone is 1. The first-order valence-corrected chi connectivity index (χ1v) is 5.85. The molecule has 0 amide bonds. The van der Waals surface area contributed by atoms with Crippen molar-refractivity contribution in [3.8, 4) is 0 Å². The van der Waals surface area contributed by atoms with Gasteiger partial charge < -0.3 is 0 Å². The molecule has 3 radical (unpaired) electrons. The molecule has 0 aromatic heterocycles. The van der Waals surface area contributed by atoms with E-state index < -0.39 is 0 Å². The van der Waals surface area contributed by atoms with Gasteiger partial charge in [-0.15, -0.1) is 0 Å². The van der Waals surface area contributed by atoms with Crippen molar-refractivity contribution in [3.63, 3.8) is 0 Å². The molecule has 1 unspecified atom stereocenters. The number of ether oxygens (including phenoxy) is 1. The predicted octanol–water partition coefficient (Wildman–Crippen LogP) is 1.62. The molecule has 0 aliphatic rings. The number of rotatable bonds is 6. The Morgan fingerprint density at radius 1 is 1.50 bits per heavy atom. The fourth-order valence-electron chi connectivity index (χ4n) is 0.979. The zero-order chi connectivity index (χ0) is 11.1. The zero-order valence-electron chi connectivity index (χ0n) is 9.16. The Balaban J connectivity index is 4.60. The minimum absolute atomic E-state index is 0.00492. The van der Waals surface area contributed by atoms with Crippen LogP contribution >= 0.6 is 0 Å². The molecular weight excluding hydrogens is 287 g/mol. The van der Waals surface area contributed by atoms with Crippen molar-refractivity contribution in [2.75, 3.05) is 7.11 Å². The van der Waals surface area contributed by atoms with Crippen molar-refractivity contribution in [1.82, 2.24) is 0 Å². The molecule has 4 heteroatoms. The Morgan fingerprint density at radius 2 is 2.07 bits per heavy atom. The molecule has 3 nitrogen and oxygen atoms in total. The van der Waals surface area contributed by atoms with Crippen LogP contribution in [-0.4, -0.2) is 41.9 Å². The summed E-state index contributed by atoms with van der Waals surface area (Å²) in [6, 6.07) is 0. The maximum absolute atomic E-state index is 11.4. The topological polar surface area (TPSA) is 35.5 Å². The van der Waals surface area contributed by atoms with Crippen LogP contribution in [0.15, 0.2) is 11.8 Å². The van der Waals surface area contributed by atoms with Gasteiger partial charge in [0.1, 0.15) is 0 Å². The summed E-state index contributed by atoms with van der Waals surface area (Å²) in [5.74, 6) is 0.732. The second-order valence-electron chi connectivity index (χ2n) is 3.34. The van der Waals surface area contributed by atoms with E-state index in [0.717, 1.165) is 29.4 Å². The molecule has 0 aromatic carbocycles. The van der Waals surface area contributed by atoms with Gasteiger partial charge in [0, 0.05) is 0 Å². The van der Waals surface area contributed by atoms with E-state index >= 15 is 0 Å². The second-order valence-corrected chi connectivity index (χ2v) is 3.92. The van der Waals surface area contributed by atoms with Gasteiger partial charge in [-0.2, -0.15) is 0 Å². The summed E-state index contributed by atoms with van der Waals surface area (Å²) in [6.45, 7) is 5.73. The summed E-state index contributed by atoms with van der Waals surface area (Å²) < 4.78 is 10.4. The van der Waals surface area contributed by atoms with Crippen molar-refractivity contribution in [2.24, 2.45) is 5.92 Å². The second kappa shape index (κ2) is 7.29.